The monoisotopic (exact) mass is 351 g/mol. The zero-order valence-corrected chi connectivity index (χ0v) is 15.6. The van der Waals surface area contributed by atoms with Gasteiger partial charge in [0.15, 0.2) is 0 Å². The van der Waals surface area contributed by atoms with Gasteiger partial charge in [0, 0.05) is 16.5 Å². The molecule has 0 radical (unpaired) electrons. The van der Waals surface area contributed by atoms with E-state index in [9.17, 15) is 9.90 Å². The Balaban J connectivity index is 2.13. The maximum Gasteiger partial charge on any atom is 0.307 e. The van der Waals surface area contributed by atoms with Crippen LogP contribution in [0.4, 0.5) is 0 Å². The van der Waals surface area contributed by atoms with Crippen molar-refractivity contribution in [1.82, 2.24) is 4.98 Å². The van der Waals surface area contributed by atoms with Gasteiger partial charge in [0.05, 0.1) is 18.7 Å². The van der Waals surface area contributed by atoms with Gasteiger partial charge in [-0.3, -0.25) is 4.79 Å². The largest absolute Gasteiger partial charge is 0.494 e. The molecule has 0 atom stereocenters. The van der Waals surface area contributed by atoms with Crippen molar-refractivity contribution in [2.45, 2.75) is 40.0 Å². The number of ether oxygens (including phenoxy) is 1. The van der Waals surface area contributed by atoms with Gasteiger partial charge in [-0.2, -0.15) is 0 Å². The van der Waals surface area contributed by atoms with E-state index in [1.54, 1.807) is 0 Å². The molecule has 3 aromatic rings. The zero-order valence-electron chi connectivity index (χ0n) is 15.6. The van der Waals surface area contributed by atoms with Crippen LogP contribution in [0, 0.1) is 13.8 Å². The third-order valence-corrected chi connectivity index (χ3v) is 4.63. The highest BCUT2D eigenvalue weighted by molar-refractivity contribution is 5.95. The highest BCUT2D eigenvalue weighted by atomic mass is 16.5. The standard InChI is InChI=1S/C22H25NO3/c1-4-5-10-26-16-8-9-20-18(12-16)19(13-21(24)25)22(23-20)17-11-14(2)6-7-15(17)3/h6-9,11-12,23H,4-5,10,13H2,1-3H3,(H,24,25). The maximum atomic E-state index is 11.5. The van der Waals surface area contributed by atoms with Gasteiger partial charge in [0.25, 0.3) is 0 Å². The van der Waals surface area contributed by atoms with Crippen LogP contribution in [-0.2, 0) is 11.2 Å². The molecule has 1 heterocycles. The second kappa shape index (κ2) is 7.65. The number of rotatable bonds is 7. The third kappa shape index (κ3) is 3.74. The summed E-state index contributed by atoms with van der Waals surface area (Å²) in [5.74, 6) is -0.0566. The molecule has 2 N–H and O–H groups in total. The van der Waals surface area contributed by atoms with E-state index in [0.717, 1.165) is 57.4 Å². The van der Waals surface area contributed by atoms with E-state index in [0.29, 0.717) is 6.61 Å². The lowest BCUT2D eigenvalue weighted by molar-refractivity contribution is -0.136. The van der Waals surface area contributed by atoms with Crippen LogP contribution in [0.3, 0.4) is 0 Å². The predicted octanol–water partition coefficient (Wildman–Crippen LogP) is 5.26. The first-order valence-corrected chi connectivity index (χ1v) is 9.06. The number of unbranched alkanes of at least 4 members (excludes halogenated alkanes) is 1. The smallest absolute Gasteiger partial charge is 0.307 e. The minimum Gasteiger partial charge on any atom is -0.494 e. The summed E-state index contributed by atoms with van der Waals surface area (Å²) in [5.41, 5.74) is 5.93. The zero-order chi connectivity index (χ0) is 18.7. The summed E-state index contributed by atoms with van der Waals surface area (Å²) in [6.07, 6.45) is 2.05. The number of hydrogen-bond acceptors (Lipinski definition) is 2. The number of aromatic amines is 1. The Labute approximate surface area is 153 Å². The molecule has 0 aliphatic rings. The van der Waals surface area contributed by atoms with Crippen LogP contribution in [0.5, 0.6) is 5.75 Å². The molecular formula is C22H25NO3. The summed E-state index contributed by atoms with van der Waals surface area (Å²) in [5, 5.41) is 10.4. The summed E-state index contributed by atoms with van der Waals surface area (Å²) < 4.78 is 5.81. The molecule has 0 aliphatic heterocycles. The fourth-order valence-electron chi connectivity index (χ4n) is 3.22. The molecule has 0 spiro atoms. The van der Waals surface area contributed by atoms with Crippen LogP contribution in [0.1, 0.15) is 36.5 Å². The molecule has 26 heavy (non-hydrogen) atoms. The first-order chi connectivity index (χ1) is 12.5. The quantitative estimate of drug-likeness (QED) is 0.571. The predicted molar refractivity (Wildman–Crippen MR) is 105 cm³/mol. The molecule has 4 nitrogen and oxygen atoms in total. The number of hydrogen-bond donors (Lipinski definition) is 2. The number of aliphatic carboxylic acids is 1. The van der Waals surface area contributed by atoms with Crippen LogP contribution in [0.15, 0.2) is 36.4 Å². The van der Waals surface area contributed by atoms with E-state index < -0.39 is 5.97 Å². The number of carboxylic acids is 1. The Kier molecular flexibility index (Phi) is 5.31. The number of benzene rings is 2. The van der Waals surface area contributed by atoms with Gasteiger partial charge >= 0.3 is 5.97 Å². The number of fused-ring (bicyclic) bond motifs is 1. The lowest BCUT2D eigenvalue weighted by Crippen LogP contribution is -2.01. The summed E-state index contributed by atoms with van der Waals surface area (Å²) in [4.78, 5) is 14.9. The molecule has 0 aliphatic carbocycles. The summed E-state index contributed by atoms with van der Waals surface area (Å²) >= 11 is 0. The van der Waals surface area contributed by atoms with Crippen LogP contribution in [-0.4, -0.2) is 22.7 Å². The molecule has 136 valence electrons. The minimum atomic E-state index is -0.838. The van der Waals surface area contributed by atoms with Crippen molar-refractivity contribution in [3.05, 3.63) is 53.1 Å². The molecule has 0 unspecified atom stereocenters. The normalized spacial score (nSPS) is 11.0. The van der Waals surface area contributed by atoms with E-state index in [4.69, 9.17) is 4.74 Å². The Hall–Kier alpha value is -2.75. The molecule has 0 amide bonds. The Morgan fingerprint density at radius 1 is 1.15 bits per heavy atom. The topological polar surface area (TPSA) is 62.3 Å². The van der Waals surface area contributed by atoms with Gasteiger partial charge in [-0.25, -0.2) is 0 Å². The summed E-state index contributed by atoms with van der Waals surface area (Å²) in [6.45, 7) is 6.89. The lowest BCUT2D eigenvalue weighted by atomic mass is 9.97. The average Bonchev–Trinajstić information content (AvgIpc) is 2.94. The fraction of sp³-hybridized carbons (Fsp3) is 0.318. The van der Waals surface area contributed by atoms with Gasteiger partial charge in [-0.1, -0.05) is 31.0 Å². The average molecular weight is 351 g/mol. The number of carboxylic acid groups (broad SMARTS) is 1. The van der Waals surface area contributed by atoms with Gasteiger partial charge < -0.3 is 14.8 Å². The Morgan fingerprint density at radius 3 is 2.69 bits per heavy atom. The van der Waals surface area contributed by atoms with Crippen molar-refractivity contribution in [1.29, 1.82) is 0 Å². The van der Waals surface area contributed by atoms with Crippen LogP contribution in [0.2, 0.25) is 0 Å². The highest BCUT2D eigenvalue weighted by Crippen LogP contribution is 2.35. The molecule has 4 heteroatoms. The van der Waals surface area contributed by atoms with Crippen LogP contribution in [0.25, 0.3) is 22.2 Å². The molecule has 2 aromatic carbocycles. The SMILES string of the molecule is CCCCOc1ccc2[nH]c(-c3cc(C)ccc3C)c(CC(=O)O)c2c1. The van der Waals surface area contributed by atoms with E-state index in [1.165, 1.54) is 0 Å². The highest BCUT2D eigenvalue weighted by Gasteiger charge is 2.18. The van der Waals surface area contributed by atoms with Gasteiger partial charge in [-0.05, 0) is 55.7 Å². The van der Waals surface area contributed by atoms with Crippen molar-refractivity contribution >= 4 is 16.9 Å². The molecule has 0 saturated carbocycles. The number of carbonyl (C=O) groups is 1. The van der Waals surface area contributed by atoms with Gasteiger partial charge in [0.2, 0.25) is 0 Å². The molecule has 3 rings (SSSR count). The van der Waals surface area contributed by atoms with Gasteiger partial charge in [0.1, 0.15) is 5.75 Å². The van der Waals surface area contributed by atoms with Crippen molar-refractivity contribution < 1.29 is 14.6 Å². The fourth-order valence-corrected chi connectivity index (χ4v) is 3.22. The third-order valence-electron chi connectivity index (χ3n) is 4.63. The Morgan fingerprint density at radius 2 is 1.96 bits per heavy atom. The van der Waals surface area contributed by atoms with Crippen LogP contribution >= 0.6 is 0 Å². The van der Waals surface area contributed by atoms with Crippen LogP contribution < -0.4 is 4.74 Å². The lowest BCUT2D eigenvalue weighted by Gasteiger charge is -2.08. The summed E-state index contributed by atoms with van der Waals surface area (Å²) in [6, 6.07) is 12.1. The second-order valence-electron chi connectivity index (χ2n) is 6.78. The number of aromatic nitrogens is 1. The molecule has 0 bridgehead atoms. The van der Waals surface area contributed by atoms with Crippen molar-refractivity contribution in [3.63, 3.8) is 0 Å². The van der Waals surface area contributed by atoms with Gasteiger partial charge in [-0.15, -0.1) is 0 Å². The van der Waals surface area contributed by atoms with E-state index in [2.05, 4.69) is 30.1 Å². The Bertz CT molecular complexity index is 940. The number of aryl methyl sites for hydroxylation is 2. The molecular weight excluding hydrogens is 326 g/mol. The first kappa shape index (κ1) is 18.1. The van der Waals surface area contributed by atoms with E-state index >= 15 is 0 Å². The maximum absolute atomic E-state index is 11.5. The molecule has 1 aromatic heterocycles. The molecule has 0 saturated heterocycles. The van der Waals surface area contributed by atoms with E-state index in [-0.39, 0.29) is 6.42 Å². The van der Waals surface area contributed by atoms with E-state index in [1.807, 2.05) is 32.0 Å². The van der Waals surface area contributed by atoms with Crippen molar-refractivity contribution in [3.8, 4) is 17.0 Å². The summed E-state index contributed by atoms with van der Waals surface area (Å²) in [7, 11) is 0. The first-order valence-electron chi connectivity index (χ1n) is 9.06. The van der Waals surface area contributed by atoms with Crippen molar-refractivity contribution in [2.75, 3.05) is 6.61 Å². The number of H-pyrrole nitrogens is 1. The minimum absolute atomic E-state index is 0.0267. The number of nitrogens with one attached hydrogen (secondary N) is 1. The van der Waals surface area contributed by atoms with Crippen molar-refractivity contribution in [2.24, 2.45) is 0 Å². The molecule has 0 fully saturated rings. The second-order valence-corrected chi connectivity index (χ2v) is 6.78.